The molecule has 0 unspecified atom stereocenters. The van der Waals surface area contributed by atoms with Crippen LogP contribution in [0.15, 0.2) is 0 Å². The first-order chi connectivity index (χ1) is 8.76. The van der Waals surface area contributed by atoms with E-state index in [1.165, 1.54) is 19.4 Å². The fraction of sp³-hybridized carbons (Fsp3) is 1.00. The van der Waals surface area contributed by atoms with Crippen molar-refractivity contribution < 1.29 is 18.7 Å². The van der Waals surface area contributed by atoms with Crippen LogP contribution in [0.1, 0.15) is 33.6 Å². The molecule has 0 aromatic rings. The van der Waals surface area contributed by atoms with Gasteiger partial charge in [-0.25, -0.2) is 0 Å². The van der Waals surface area contributed by atoms with Crippen molar-refractivity contribution in [2.45, 2.75) is 39.9 Å². The molecule has 4 heteroatoms. The molecule has 1 aliphatic rings. The van der Waals surface area contributed by atoms with Crippen LogP contribution in [0.25, 0.3) is 0 Å². The van der Waals surface area contributed by atoms with Crippen molar-refractivity contribution in [1.29, 1.82) is 0 Å². The fourth-order valence-corrected chi connectivity index (χ4v) is 2.56. The minimum Gasteiger partial charge on any atom is -0.370 e. The maximum absolute atomic E-state index is 5.71. The van der Waals surface area contributed by atoms with E-state index >= 15 is 0 Å². The zero-order valence-electron chi connectivity index (χ0n) is 12.3. The molecule has 4 nitrogen and oxygen atoms in total. The minimum absolute atomic E-state index is 0.0602. The summed E-state index contributed by atoms with van der Waals surface area (Å²) in [6.45, 7) is 13.9. The lowest BCUT2D eigenvalue weighted by molar-refractivity contribution is -0.940. The second-order valence-corrected chi connectivity index (χ2v) is 5.00. The molecule has 1 aliphatic heterocycles. The van der Waals surface area contributed by atoms with Crippen LogP contribution in [0.4, 0.5) is 0 Å². The monoisotopic (exact) mass is 260 g/mol. The Balaban J connectivity index is 2.56. The van der Waals surface area contributed by atoms with Crippen LogP contribution in [0, 0.1) is 0 Å². The number of morpholine rings is 1. The molecule has 0 aromatic carbocycles. The van der Waals surface area contributed by atoms with E-state index < -0.39 is 0 Å². The highest BCUT2D eigenvalue weighted by Gasteiger charge is 2.33. The van der Waals surface area contributed by atoms with Crippen molar-refractivity contribution in [2.75, 3.05) is 52.6 Å². The molecular weight excluding hydrogens is 230 g/mol. The van der Waals surface area contributed by atoms with Crippen molar-refractivity contribution in [3.05, 3.63) is 0 Å². The van der Waals surface area contributed by atoms with Gasteiger partial charge in [0.1, 0.15) is 19.6 Å². The number of nitrogens with zero attached hydrogens (tertiary/aromatic N) is 1. The van der Waals surface area contributed by atoms with Crippen molar-refractivity contribution in [2.24, 2.45) is 0 Å². The molecule has 0 saturated carbocycles. The second-order valence-electron chi connectivity index (χ2n) is 5.00. The molecule has 0 bridgehead atoms. The smallest absolute Gasteiger partial charge is 0.207 e. The van der Waals surface area contributed by atoms with Gasteiger partial charge >= 0.3 is 0 Å². The van der Waals surface area contributed by atoms with Crippen molar-refractivity contribution >= 4 is 0 Å². The summed E-state index contributed by atoms with van der Waals surface area (Å²) in [5.74, 6) is 0. The molecule has 1 fully saturated rings. The lowest BCUT2D eigenvalue weighted by Crippen LogP contribution is -2.59. The molecule has 0 N–H and O–H groups in total. The van der Waals surface area contributed by atoms with Crippen LogP contribution < -0.4 is 0 Å². The van der Waals surface area contributed by atoms with E-state index in [1.54, 1.807) is 0 Å². The van der Waals surface area contributed by atoms with E-state index in [0.717, 1.165) is 50.5 Å². The predicted molar refractivity (Wildman–Crippen MR) is 72.5 cm³/mol. The average Bonchev–Trinajstić information content (AvgIpc) is 2.38. The molecule has 0 aliphatic carbocycles. The third-order valence-corrected chi connectivity index (χ3v) is 3.65. The van der Waals surface area contributed by atoms with Gasteiger partial charge in [-0.05, 0) is 20.3 Å². The summed E-state index contributed by atoms with van der Waals surface area (Å²) in [6.07, 6.45) is 2.45. The molecule has 108 valence electrons. The summed E-state index contributed by atoms with van der Waals surface area (Å²) in [6, 6.07) is 0. The summed E-state index contributed by atoms with van der Waals surface area (Å²) in [7, 11) is 0. The number of unbranched alkanes of at least 4 members (excludes halogenated alkanes) is 1. The summed E-state index contributed by atoms with van der Waals surface area (Å²) in [4.78, 5) is 0. The Hall–Kier alpha value is -0.160. The van der Waals surface area contributed by atoms with Gasteiger partial charge in [0.05, 0.1) is 19.8 Å². The molecular formula is C14H30NO3+. The number of hydrogen-bond donors (Lipinski definition) is 0. The normalized spacial score (nSPS) is 19.3. The highest BCUT2D eigenvalue weighted by atomic mass is 16.7. The first-order valence-corrected chi connectivity index (χ1v) is 7.42. The highest BCUT2D eigenvalue weighted by molar-refractivity contribution is 4.54. The first kappa shape index (κ1) is 15.9. The predicted octanol–water partition coefficient (Wildman–Crippen LogP) is 2.03. The van der Waals surface area contributed by atoms with Crippen LogP contribution in [0.5, 0.6) is 0 Å². The Kier molecular flexibility index (Phi) is 7.82. The Bertz CT molecular complexity index is 199. The van der Waals surface area contributed by atoms with Gasteiger partial charge in [-0.15, -0.1) is 0 Å². The van der Waals surface area contributed by atoms with E-state index in [9.17, 15) is 0 Å². The summed E-state index contributed by atoms with van der Waals surface area (Å²) in [5.41, 5.74) is 0. The fourth-order valence-electron chi connectivity index (χ4n) is 2.56. The van der Waals surface area contributed by atoms with Gasteiger partial charge in [0.25, 0.3) is 0 Å². The van der Waals surface area contributed by atoms with E-state index in [1.807, 2.05) is 13.8 Å². The minimum atomic E-state index is -0.0602. The van der Waals surface area contributed by atoms with E-state index in [-0.39, 0.29) is 6.29 Å². The lowest BCUT2D eigenvalue weighted by Gasteiger charge is -2.43. The van der Waals surface area contributed by atoms with E-state index in [0.29, 0.717) is 0 Å². The Morgan fingerprint density at radius 2 is 1.67 bits per heavy atom. The van der Waals surface area contributed by atoms with Gasteiger partial charge < -0.3 is 18.7 Å². The summed E-state index contributed by atoms with van der Waals surface area (Å²) in [5, 5.41) is 0. The molecule has 0 spiro atoms. The molecule has 0 atom stereocenters. The van der Waals surface area contributed by atoms with Crippen LogP contribution in [-0.2, 0) is 14.2 Å². The molecule has 0 aromatic heterocycles. The van der Waals surface area contributed by atoms with Crippen molar-refractivity contribution in [3.8, 4) is 0 Å². The van der Waals surface area contributed by atoms with Crippen LogP contribution in [-0.4, -0.2) is 63.4 Å². The van der Waals surface area contributed by atoms with Gasteiger partial charge in [0, 0.05) is 13.2 Å². The Labute approximate surface area is 112 Å². The van der Waals surface area contributed by atoms with Gasteiger partial charge in [0.2, 0.25) is 6.29 Å². The molecule has 18 heavy (non-hydrogen) atoms. The molecule has 1 heterocycles. The van der Waals surface area contributed by atoms with Crippen molar-refractivity contribution in [3.63, 3.8) is 0 Å². The van der Waals surface area contributed by atoms with Crippen LogP contribution in [0.3, 0.4) is 0 Å². The van der Waals surface area contributed by atoms with E-state index in [2.05, 4.69) is 6.92 Å². The maximum Gasteiger partial charge on any atom is 0.207 e. The largest absolute Gasteiger partial charge is 0.370 e. The number of hydrogen-bond acceptors (Lipinski definition) is 3. The van der Waals surface area contributed by atoms with E-state index in [4.69, 9.17) is 14.2 Å². The Morgan fingerprint density at radius 1 is 1.06 bits per heavy atom. The summed E-state index contributed by atoms with van der Waals surface area (Å²) < 4.78 is 18.0. The van der Waals surface area contributed by atoms with Gasteiger partial charge in [-0.2, -0.15) is 0 Å². The third kappa shape index (κ3) is 5.22. The quantitative estimate of drug-likeness (QED) is 0.469. The third-order valence-electron chi connectivity index (χ3n) is 3.65. The standard InChI is InChI=1S/C14H30NO3/c1-4-7-8-15(9-11-16-12-10-15)13-14(17-5-2)18-6-3/h14H,4-13H2,1-3H3/q+1. The molecule has 0 amide bonds. The zero-order chi connectivity index (χ0) is 13.3. The average molecular weight is 260 g/mol. The van der Waals surface area contributed by atoms with Gasteiger partial charge in [-0.3, -0.25) is 0 Å². The highest BCUT2D eigenvalue weighted by Crippen LogP contribution is 2.16. The topological polar surface area (TPSA) is 27.7 Å². The summed E-state index contributed by atoms with van der Waals surface area (Å²) >= 11 is 0. The lowest BCUT2D eigenvalue weighted by atomic mass is 10.2. The maximum atomic E-state index is 5.71. The van der Waals surface area contributed by atoms with Crippen LogP contribution >= 0.6 is 0 Å². The molecule has 1 saturated heterocycles. The number of ether oxygens (including phenoxy) is 3. The van der Waals surface area contributed by atoms with Crippen molar-refractivity contribution in [1.82, 2.24) is 0 Å². The molecule has 1 rings (SSSR count). The van der Waals surface area contributed by atoms with Gasteiger partial charge in [-0.1, -0.05) is 13.3 Å². The number of rotatable bonds is 9. The SMILES string of the molecule is CCCC[N+]1(CC(OCC)OCC)CCOCC1. The van der Waals surface area contributed by atoms with Crippen LogP contribution in [0.2, 0.25) is 0 Å². The first-order valence-electron chi connectivity index (χ1n) is 7.42. The zero-order valence-corrected chi connectivity index (χ0v) is 12.3. The molecule has 0 radical (unpaired) electrons. The van der Waals surface area contributed by atoms with Gasteiger partial charge in [0.15, 0.2) is 0 Å². The second kappa shape index (κ2) is 8.86. The Morgan fingerprint density at radius 3 is 2.17 bits per heavy atom. The number of quaternary nitrogens is 1.